The number of amides is 1. The van der Waals surface area contributed by atoms with Gasteiger partial charge in [-0.05, 0) is 44.6 Å². The Bertz CT molecular complexity index is 1370. The summed E-state index contributed by atoms with van der Waals surface area (Å²) in [5.41, 5.74) is 2.11. The number of Topliss-reactive ketones (excluding diaryl/α,β-unsaturated/α-hetero) is 2. The fourth-order valence-corrected chi connectivity index (χ4v) is 6.93. The van der Waals surface area contributed by atoms with Crippen LogP contribution in [0, 0.1) is 17.8 Å². The van der Waals surface area contributed by atoms with Crippen LogP contribution < -0.4 is 5.73 Å². The second-order valence-corrected chi connectivity index (χ2v) is 10.8. The van der Waals surface area contributed by atoms with Gasteiger partial charge in [-0.3, -0.25) is 19.3 Å². The van der Waals surface area contributed by atoms with Gasteiger partial charge in [-0.1, -0.05) is 18.6 Å². The second-order valence-electron chi connectivity index (χ2n) is 10.8. The van der Waals surface area contributed by atoms with Crippen LogP contribution in [0.1, 0.15) is 41.1 Å². The predicted octanol–water partition coefficient (Wildman–Crippen LogP) is 1.35. The molecule has 1 aliphatic heterocycles. The van der Waals surface area contributed by atoms with Crippen molar-refractivity contribution >= 4 is 17.5 Å². The monoisotopic (exact) mass is 508 g/mol. The third-order valence-corrected chi connectivity index (χ3v) is 8.81. The minimum atomic E-state index is -2.77. The van der Waals surface area contributed by atoms with Crippen molar-refractivity contribution in [3.63, 3.8) is 0 Å². The number of allylic oxidation sites excluding steroid dienone is 2. The summed E-state index contributed by atoms with van der Waals surface area (Å²) in [4.78, 5) is 41.2. The summed E-state index contributed by atoms with van der Waals surface area (Å²) >= 11 is 0. The molecular formula is C27H28N2O8. The molecule has 194 valence electrons. The quantitative estimate of drug-likeness (QED) is 0.378. The summed E-state index contributed by atoms with van der Waals surface area (Å²) < 4.78 is 6.49. The molecule has 1 heterocycles. The zero-order valence-corrected chi connectivity index (χ0v) is 20.3. The normalized spacial score (nSPS) is 34.8. The molecule has 37 heavy (non-hydrogen) atoms. The molecule has 0 bridgehead atoms. The van der Waals surface area contributed by atoms with E-state index in [4.69, 9.17) is 10.5 Å². The van der Waals surface area contributed by atoms with Crippen molar-refractivity contribution in [1.29, 1.82) is 0 Å². The average molecular weight is 509 g/mol. The number of aromatic hydroxyl groups is 1. The highest BCUT2D eigenvalue weighted by Crippen LogP contribution is 2.59. The van der Waals surface area contributed by atoms with Crippen LogP contribution >= 0.6 is 0 Å². The number of likely N-dealkylation sites (N-methyl/N-ethyl adjacent to an activating group) is 1. The zero-order valence-electron chi connectivity index (χ0n) is 20.3. The first-order chi connectivity index (χ1) is 17.5. The summed E-state index contributed by atoms with van der Waals surface area (Å²) in [5.74, 6) is -6.93. The Morgan fingerprint density at radius 1 is 1.16 bits per heavy atom. The molecule has 0 radical (unpaired) electrons. The van der Waals surface area contributed by atoms with Gasteiger partial charge in [0.1, 0.15) is 28.9 Å². The number of nitrogens with two attached hydrogens (primary N) is 1. The maximum Gasteiger partial charge on any atom is 0.255 e. The zero-order chi connectivity index (χ0) is 26.5. The van der Waals surface area contributed by atoms with Crippen molar-refractivity contribution in [2.75, 3.05) is 14.1 Å². The summed E-state index contributed by atoms with van der Waals surface area (Å²) in [6, 6.07) is 3.60. The first kappa shape index (κ1) is 23.7. The van der Waals surface area contributed by atoms with Gasteiger partial charge in [0.15, 0.2) is 11.4 Å². The highest BCUT2D eigenvalue weighted by atomic mass is 16.5. The van der Waals surface area contributed by atoms with E-state index in [1.807, 2.05) is 6.08 Å². The van der Waals surface area contributed by atoms with Crippen molar-refractivity contribution < 1.29 is 39.5 Å². The van der Waals surface area contributed by atoms with Crippen molar-refractivity contribution in [2.45, 2.75) is 42.9 Å². The number of carbonyl (C=O) groups is 3. The molecule has 1 fully saturated rings. The van der Waals surface area contributed by atoms with E-state index in [-0.39, 0.29) is 22.8 Å². The standard InChI is InChI=1S/C27H28N2O8/c1-29(2)20-19-23-16-12(9-14(37-23)10-5-3-6-10)11-7-4-8-13(30)15(11)21(31)17(16)24(33)27(19,36)25(34)18(22(20)32)26(28)35/h4,7-10,12,16,19-20,23,30,32-33,36H,3,5-6H2,1-2H3,(H2,28,35)/t12-,16+,19+,20+,23-,27-/m0/s1. The number of primary amides is 1. The van der Waals surface area contributed by atoms with Crippen LogP contribution in [-0.2, 0) is 14.3 Å². The molecule has 1 amide bonds. The molecule has 1 aromatic rings. The molecule has 1 saturated carbocycles. The smallest absolute Gasteiger partial charge is 0.255 e. The van der Waals surface area contributed by atoms with E-state index < -0.39 is 70.1 Å². The van der Waals surface area contributed by atoms with E-state index in [1.165, 1.54) is 11.0 Å². The molecule has 10 heteroatoms. The van der Waals surface area contributed by atoms with Crippen LogP contribution in [-0.4, -0.2) is 74.6 Å². The predicted molar refractivity (Wildman–Crippen MR) is 128 cm³/mol. The fraction of sp³-hybridized carbons (Fsp3) is 0.444. The Labute approximate surface area is 212 Å². The highest BCUT2D eigenvalue weighted by Gasteiger charge is 2.69. The van der Waals surface area contributed by atoms with Crippen molar-refractivity contribution in [2.24, 2.45) is 23.5 Å². The number of ether oxygens (including phenoxy) is 1. The SMILES string of the molecule is CN(C)[C@H]1C(O)=C(C(N)=O)C(=O)[C@@]2(O)C(O)=C3C(=O)c4c(O)cccc4[C@@H]4C=C(C5CCC5)O[C@@H]([C@@H]34)[C@@H]12. The molecule has 10 nitrogen and oxygen atoms in total. The Balaban J connectivity index is 1.68. The molecule has 6 rings (SSSR count). The minimum absolute atomic E-state index is 0.0156. The lowest BCUT2D eigenvalue weighted by atomic mass is 9.54. The van der Waals surface area contributed by atoms with Crippen LogP contribution in [0.2, 0.25) is 0 Å². The summed E-state index contributed by atoms with van der Waals surface area (Å²) in [6.45, 7) is 0. The van der Waals surface area contributed by atoms with Gasteiger partial charge in [0.05, 0.1) is 23.3 Å². The number of ketones is 2. The molecule has 6 atom stereocenters. The third kappa shape index (κ3) is 2.85. The Hall–Kier alpha value is -3.63. The van der Waals surface area contributed by atoms with Gasteiger partial charge < -0.3 is 30.9 Å². The van der Waals surface area contributed by atoms with Gasteiger partial charge in [-0.15, -0.1) is 0 Å². The fourth-order valence-electron chi connectivity index (χ4n) is 6.93. The molecular weight excluding hydrogens is 480 g/mol. The number of phenols is 1. The number of aliphatic hydroxyl groups is 3. The average Bonchev–Trinajstić information content (AvgIpc) is 2.79. The summed E-state index contributed by atoms with van der Waals surface area (Å²) in [5, 5.41) is 45.3. The maximum atomic E-state index is 13.8. The van der Waals surface area contributed by atoms with Crippen molar-refractivity contribution in [1.82, 2.24) is 4.90 Å². The Morgan fingerprint density at radius 2 is 1.86 bits per heavy atom. The highest BCUT2D eigenvalue weighted by molar-refractivity contribution is 6.25. The van der Waals surface area contributed by atoms with E-state index in [0.717, 1.165) is 19.3 Å². The van der Waals surface area contributed by atoms with E-state index in [1.54, 1.807) is 26.2 Å². The molecule has 0 aromatic heterocycles. The summed E-state index contributed by atoms with van der Waals surface area (Å²) in [6.07, 6.45) is 3.68. The number of hydrogen-bond acceptors (Lipinski definition) is 9. The Morgan fingerprint density at radius 3 is 2.46 bits per heavy atom. The first-order valence-electron chi connectivity index (χ1n) is 12.3. The molecule has 1 aromatic carbocycles. The number of phenolic OH excluding ortho intramolecular Hbond substituents is 1. The lowest BCUT2D eigenvalue weighted by molar-refractivity contribution is -0.167. The number of hydrogen-bond donors (Lipinski definition) is 5. The lowest BCUT2D eigenvalue weighted by Crippen LogP contribution is -2.69. The number of nitrogens with zero attached hydrogens (tertiary/aromatic N) is 1. The summed E-state index contributed by atoms with van der Waals surface area (Å²) in [7, 11) is 3.18. The number of carbonyl (C=O) groups excluding carboxylic acids is 3. The molecule has 0 unspecified atom stereocenters. The largest absolute Gasteiger partial charge is 0.510 e. The van der Waals surface area contributed by atoms with Gasteiger partial charge in [0.25, 0.3) is 5.91 Å². The van der Waals surface area contributed by atoms with Gasteiger partial charge >= 0.3 is 0 Å². The van der Waals surface area contributed by atoms with Crippen molar-refractivity contribution in [3.8, 4) is 5.75 Å². The molecule has 4 aliphatic carbocycles. The van der Waals surface area contributed by atoms with E-state index in [0.29, 0.717) is 11.3 Å². The lowest BCUT2D eigenvalue weighted by Gasteiger charge is -2.56. The van der Waals surface area contributed by atoms with Crippen LogP contribution in [0.4, 0.5) is 0 Å². The topological polar surface area (TPSA) is 171 Å². The second kappa shape index (κ2) is 7.69. The van der Waals surface area contributed by atoms with Crippen LogP contribution in [0.15, 0.2) is 52.7 Å². The van der Waals surface area contributed by atoms with Crippen molar-refractivity contribution in [3.05, 3.63) is 63.8 Å². The minimum Gasteiger partial charge on any atom is -0.510 e. The number of fused-ring (bicyclic) bond motifs is 4. The molecule has 5 aliphatic rings. The van der Waals surface area contributed by atoms with Crippen LogP contribution in [0.5, 0.6) is 5.75 Å². The molecule has 0 spiro atoms. The molecule has 0 saturated heterocycles. The van der Waals surface area contributed by atoms with E-state index >= 15 is 0 Å². The van der Waals surface area contributed by atoms with E-state index in [9.17, 15) is 34.8 Å². The van der Waals surface area contributed by atoms with Gasteiger partial charge in [0.2, 0.25) is 5.78 Å². The number of benzene rings is 1. The third-order valence-electron chi connectivity index (χ3n) is 8.81. The maximum absolute atomic E-state index is 13.8. The van der Waals surface area contributed by atoms with Crippen LogP contribution in [0.3, 0.4) is 0 Å². The Kier molecular flexibility index (Phi) is 4.93. The van der Waals surface area contributed by atoms with Crippen LogP contribution in [0.25, 0.3) is 0 Å². The van der Waals surface area contributed by atoms with Gasteiger partial charge in [-0.2, -0.15) is 0 Å². The number of rotatable bonds is 3. The first-order valence-corrected chi connectivity index (χ1v) is 12.3. The van der Waals surface area contributed by atoms with E-state index in [2.05, 4.69) is 0 Å². The molecule has 6 N–H and O–H groups in total. The number of aliphatic hydroxyl groups excluding tert-OH is 2. The van der Waals surface area contributed by atoms with Gasteiger partial charge in [-0.25, -0.2) is 0 Å². The van der Waals surface area contributed by atoms with Gasteiger partial charge in [0, 0.05) is 23.3 Å².